The van der Waals surface area contributed by atoms with Crippen LogP contribution < -0.4 is 4.74 Å². The molecule has 3 nitrogen and oxygen atoms in total. The van der Waals surface area contributed by atoms with Crippen LogP contribution in [0.4, 0.5) is 0 Å². The van der Waals surface area contributed by atoms with E-state index >= 15 is 0 Å². The molecule has 1 aliphatic heterocycles. The highest BCUT2D eigenvalue weighted by Crippen LogP contribution is 2.27. The molecule has 4 heteroatoms. The Morgan fingerprint density at radius 3 is 2.47 bits per heavy atom. The molecule has 0 radical (unpaired) electrons. The minimum atomic E-state index is 0.339. The number of likely N-dealkylation sites (tertiary alicyclic amines) is 1. The molecule has 1 saturated carbocycles. The Bertz CT molecular complexity index is 395. The number of nitrogens with zero attached hydrogens (tertiary/aromatic N) is 2. The summed E-state index contributed by atoms with van der Waals surface area (Å²) in [5, 5.41) is 0. The number of piperidine rings is 1. The molecule has 2 aliphatic rings. The SMILES string of the molecule is Brc1ccc(OC2CCN(C3CCCC3)CC2)nc1. The summed E-state index contributed by atoms with van der Waals surface area (Å²) in [5.41, 5.74) is 0. The van der Waals surface area contributed by atoms with Crippen LogP contribution in [0.1, 0.15) is 38.5 Å². The second-order valence-electron chi connectivity index (χ2n) is 5.61. The molecule has 0 spiro atoms. The minimum Gasteiger partial charge on any atom is -0.474 e. The first-order chi connectivity index (χ1) is 9.31. The van der Waals surface area contributed by atoms with Gasteiger partial charge in [-0.2, -0.15) is 0 Å². The summed E-state index contributed by atoms with van der Waals surface area (Å²) in [5.74, 6) is 0.752. The zero-order valence-corrected chi connectivity index (χ0v) is 12.8. The van der Waals surface area contributed by atoms with Gasteiger partial charge in [-0.1, -0.05) is 12.8 Å². The van der Waals surface area contributed by atoms with E-state index < -0.39 is 0 Å². The average Bonchev–Trinajstić information content (AvgIpc) is 2.96. The third-order valence-corrected chi connectivity index (χ3v) is 4.77. The molecule has 0 amide bonds. The fourth-order valence-corrected chi connectivity index (χ4v) is 3.47. The summed E-state index contributed by atoms with van der Waals surface area (Å²) in [4.78, 5) is 6.95. The van der Waals surface area contributed by atoms with Gasteiger partial charge in [0.05, 0.1) is 0 Å². The molecule has 0 aromatic carbocycles. The lowest BCUT2D eigenvalue weighted by Gasteiger charge is -2.35. The number of hydrogen-bond donors (Lipinski definition) is 0. The number of ether oxygens (including phenoxy) is 1. The average molecular weight is 325 g/mol. The van der Waals surface area contributed by atoms with Crippen LogP contribution in [-0.4, -0.2) is 35.1 Å². The molecular weight excluding hydrogens is 304 g/mol. The molecule has 2 fully saturated rings. The Morgan fingerprint density at radius 2 is 1.84 bits per heavy atom. The first-order valence-electron chi connectivity index (χ1n) is 7.33. The molecule has 0 atom stereocenters. The monoisotopic (exact) mass is 324 g/mol. The normalized spacial score (nSPS) is 22.8. The minimum absolute atomic E-state index is 0.339. The molecule has 1 saturated heterocycles. The van der Waals surface area contributed by atoms with Crippen LogP contribution in [0.15, 0.2) is 22.8 Å². The fraction of sp³-hybridized carbons (Fsp3) is 0.667. The number of rotatable bonds is 3. The van der Waals surface area contributed by atoms with E-state index in [1.54, 1.807) is 6.20 Å². The van der Waals surface area contributed by atoms with Crippen molar-refractivity contribution >= 4 is 15.9 Å². The van der Waals surface area contributed by atoms with Crippen molar-refractivity contribution in [3.05, 3.63) is 22.8 Å². The lowest BCUT2D eigenvalue weighted by molar-refractivity contribution is 0.0740. The van der Waals surface area contributed by atoms with E-state index in [2.05, 4.69) is 25.8 Å². The van der Waals surface area contributed by atoms with Crippen LogP contribution >= 0.6 is 15.9 Å². The highest BCUT2D eigenvalue weighted by Gasteiger charge is 2.27. The van der Waals surface area contributed by atoms with Gasteiger partial charge in [-0.05, 0) is 47.7 Å². The highest BCUT2D eigenvalue weighted by molar-refractivity contribution is 9.10. The maximum absolute atomic E-state index is 5.96. The molecule has 3 rings (SSSR count). The first kappa shape index (κ1) is 13.4. The second kappa shape index (κ2) is 6.23. The van der Waals surface area contributed by atoms with Crippen molar-refractivity contribution in [2.45, 2.75) is 50.7 Å². The number of hydrogen-bond acceptors (Lipinski definition) is 3. The third-order valence-electron chi connectivity index (χ3n) is 4.31. The van der Waals surface area contributed by atoms with Crippen LogP contribution in [-0.2, 0) is 0 Å². The van der Waals surface area contributed by atoms with Crippen molar-refractivity contribution in [3.8, 4) is 5.88 Å². The van der Waals surface area contributed by atoms with E-state index in [1.807, 2.05) is 12.1 Å². The highest BCUT2D eigenvalue weighted by atomic mass is 79.9. The summed E-state index contributed by atoms with van der Waals surface area (Å²) in [7, 11) is 0. The first-order valence-corrected chi connectivity index (χ1v) is 8.13. The molecule has 0 N–H and O–H groups in total. The Kier molecular flexibility index (Phi) is 4.38. The van der Waals surface area contributed by atoms with Gasteiger partial charge in [-0.3, -0.25) is 0 Å². The zero-order valence-electron chi connectivity index (χ0n) is 11.2. The van der Waals surface area contributed by atoms with E-state index in [4.69, 9.17) is 4.74 Å². The molecule has 104 valence electrons. The number of halogens is 1. The summed E-state index contributed by atoms with van der Waals surface area (Å²) in [6, 6.07) is 4.77. The standard InChI is InChI=1S/C15H21BrN2O/c16-12-5-6-15(17-11-12)19-14-7-9-18(10-8-14)13-3-1-2-4-13/h5-6,11,13-14H,1-4,7-10H2. The summed E-state index contributed by atoms with van der Waals surface area (Å²) < 4.78 is 6.96. The van der Waals surface area contributed by atoms with Gasteiger partial charge in [0.2, 0.25) is 5.88 Å². The van der Waals surface area contributed by atoms with Crippen molar-refractivity contribution in [1.29, 1.82) is 0 Å². The van der Waals surface area contributed by atoms with Crippen molar-refractivity contribution in [1.82, 2.24) is 9.88 Å². The van der Waals surface area contributed by atoms with Crippen molar-refractivity contribution < 1.29 is 4.74 Å². The Labute approximate surface area is 123 Å². The van der Waals surface area contributed by atoms with Crippen LogP contribution in [0.5, 0.6) is 5.88 Å². The maximum atomic E-state index is 5.96. The van der Waals surface area contributed by atoms with Crippen LogP contribution in [0.3, 0.4) is 0 Å². The van der Waals surface area contributed by atoms with E-state index in [0.29, 0.717) is 6.10 Å². The molecule has 1 aromatic heterocycles. The summed E-state index contributed by atoms with van der Waals surface area (Å²) in [6.45, 7) is 2.37. The molecule has 0 bridgehead atoms. The largest absolute Gasteiger partial charge is 0.474 e. The molecule has 0 unspecified atom stereocenters. The molecular formula is C15H21BrN2O. The van der Waals surface area contributed by atoms with Gasteiger partial charge in [0.25, 0.3) is 0 Å². The van der Waals surface area contributed by atoms with E-state index in [9.17, 15) is 0 Å². The van der Waals surface area contributed by atoms with Crippen LogP contribution in [0, 0.1) is 0 Å². The van der Waals surface area contributed by atoms with Gasteiger partial charge in [-0.15, -0.1) is 0 Å². The van der Waals surface area contributed by atoms with E-state index in [-0.39, 0.29) is 0 Å². The van der Waals surface area contributed by atoms with Gasteiger partial charge < -0.3 is 9.64 Å². The molecule has 1 aromatic rings. The maximum Gasteiger partial charge on any atom is 0.213 e. The lowest BCUT2D eigenvalue weighted by Crippen LogP contribution is -2.43. The Balaban J connectivity index is 1.48. The van der Waals surface area contributed by atoms with Gasteiger partial charge in [0, 0.05) is 35.9 Å². The Hall–Kier alpha value is -0.610. The van der Waals surface area contributed by atoms with Crippen LogP contribution in [0.2, 0.25) is 0 Å². The van der Waals surface area contributed by atoms with Crippen molar-refractivity contribution in [3.63, 3.8) is 0 Å². The second-order valence-corrected chi connectivity index (χ2v) is 6.52. The van der Waals surface area contributed by atoms with Crippen LogP contribution in [0.25, 0.3) is 0 Å². The van der Waals surface area contributed by atoms with Gasteiger partial charge in [-0.25, -0.2) is 4.98 Å². The van der Waals surface area contributed by atoms with Gasteiger partial charge in [0.1, 0.15) is 6.10 Å². The van der Waals surface area contributed by atoms with Gasteiger partial charge in [0.15, 0.2) is 0 Å². The van der Waals surface area contributed by atoms with Crippen molar-refractivity contribution in [2.24, 2.45) is 0 Å². The molecule has 19 heavy (non-hydrogen) atoms. The van der Waals surface area contributed by atoms with E-state index in [0.717, 1.165) is 29.2 Å². The third kappa shape index (κ3) is 3.48. The zero-order chi connectivity index (χ0) is 13.1. The fourth-order valence-electron chi connectivity index (χ4n) is 3.23. The number of aromatic nitrogens is 1. The van der Waals surface area contributed by atoms with Gasteiger partial charge >= 0.3 is 0 Å². The van der Waals surface area contributed by atoms with E-state index in [1.165, 1.54) is 38.8 Å². The topological polar surface area (TPSA) is 25.4 Å². The molecule has 2 heterocycles. The molecule has 1 aliphatic carbocycles. The predicted molar refractivity (Wildman–Crippen MR) is 79.4 cm³/mol. The number of pyridine rings is 1. The predicted octanol–water partition coefficient (Wildman–Crippen LogP) is 3.63. The lowest BCUT2D eigenvalue weighted by atomic mass is 10.0. The smallest absolute Gasteiger partial charge is 0.213 e. The summed E-state index contributed by atoms with van der Waals surface area (Å²) >= 11 is 3.39. The Morgan fingerprint density at radius 1 is 1.11 bits per heavy atom. The quantitative estimate of drug-likeness (QED) is 0.848. The van der Waals surface area contributed by atoms with Crippen molar-refractivity contribution in [2.75, 3.05) is 13.1 Å². The summed E-state index contributed by atoms with van der Waals surface area (Å²) in [6.07, 6.45) is 10.0.